The van der Waals surface area contributed by atoms with Gasteiger partial charge in [-0.2, -0.15) is 0 Å². The summed E-state index contributed by atoms with van der Waals surface area (Å²) in [6.45, 7) is 1.46. The number of rotatable bonds is 7. The van der Waals surface area contributed by atoms with Crippen LogP contribution in [0, 0.1) is 10.1 Å². The molecule has 11 heteroatoms. The van der Waals surface area contributed by atoms with Crippen LogP contribution in [0.3, 0.4) is 0 Å². The first-order valence-electron chi connectivity index (χ1n) is 5.48. The van der Waals surface area contributed by atoms with Gasteiger partial charge in [-0.25, -0.2) is 13.1 Å². The van der Waals surface area contributed by atoms with Gasteiger partial charge in [-0.05, 0) is 0 Å². The van der Waals surface area contributed by atoms with E-state index in [-0.39, 0.29) is 33.9 Å². The number of nitro groups is 1. The third-order valence-corrected chi connectivity index (χ3v) is 5.25. The summed E-state index contributed by atoms with van der Waals surface area (Å²) in [5, 5.41) is 15.9. The number of sulfonamides is 1. The number of hydrogen-bond acceptors (Lipinski definition) is 7. The number of hydrogen-bond donors (Lipinski definition) is 3. The standard InChI is InChI=1S/C9H14N4O5S2/c1-6(14)11-3-4-12-20(17,18)8-5-7(13(15)16)9(10-2)19-8/h5,10,12H,3-4H2,1-2H3,(H,11,14). The van der Waals surface area contributed by atoms with Crippen LogP contribution in [0.25, 0.3) is 0 Å². The maximum Gasteiger partial charge on any atom is 0.304 e. The molecular formula is C9H14N4O5S2. The summed E-state index contributed by atoms with van der Waals surface area (Å²) in [4.78, 5) is 20.7. The van der Waals surface area contributed by atoms with E-state index in [1.807, 2.05) is 0 Å². The van der Waals surface area contributed by atoms with Crippen LogP contribution in [-0.2, 0) is 14.8 Å². The predicted molar refractivity (Wildman–Crippen MR) is 74.4 cm³/mol. The van der Waals surface area contributed by atoms with Crippen LogP contribution >= 0.6 is 11.3 Å². The quantitative estimate of drug-likeness (QED) is 0.371. The van der Waals surface area contributed by atoms with Crippen LogP contribution in [0.2, 0.25) is 0 Å². The maximum absolute atomic E-state index is 11.9. The van der Waals surface area contributed by atoms with Gasteiger partial charge in [0.05, 0.1) is 4.92 Å². The summed E-state index contributed by atoms with van der Waals surface area (Å²) in [6.07, 6.45) is 0. The Morgan fingerprint density at radius 2 is 2.10 bits per heavy atom. The minimum Gasteiger partial charge on any atom is -0.374 e. The molecule has 0 saturated carbocycles. The number of amides is 1. The molecule has 3 N–H and O–H groups in total. The second-order valence-corrected chi connectivity index (χ2v) is 6.71. The van der Waals surface area contributed by atoms with Crippen LogP contribution in [0.4, 0.5) is 10.7 Å². The SMILES string of the molecule is CNc1sc(S(=O)(=O)NCCNC(C)=O)cc1[N+](=O)[O-]. The fraction of sp³-hybridized carbons (Fsp3) is 0.444. The van der Waals surface area contributed by atoms with Crippen molar-refractivity contribution in [1.29, 1.82) is 0 Å². The Morgan fingerprint density at radius 1 is 1.45 bits per heavy atom. The van der Waals surface area contributed by atoms with Crippen molar-refractivity contribution in [2.75, 3.05) is 25.5 Å². The van der Waals surface area contributed by atoms with Gasteiger partial charge in [0, 0.05) is 33.1 Å². The van der Waals surface area contributed by atoms with E-state index in [2.05, 4.69) is 15.4 Å². The Balaban J connectivity index is 2.82. The van der Waals surface area contributed by atoms with E-state index < -0.39 is 14.9 Å². The first kappa shape index (κ1) is 16.3. The monoisotopic (exact) mass is 322 g/mol. The van der Waals surface area contributed by atoms with Gasteiger partial charge in [0.2, 0.25) is 15.9 Å². The van der Waals surface area contributed by atoms with Crippen LogP contribution in [0.15, 0.2) is 10.3 Å². The van der Waals surface area contributed by atoms with Gasteiger partial charge in [-0.1, -0.05) is 11.3 Å². The van der Waals surface area contributed by atoms with Gasteiger partial charge in [0.1, 0.15) is 4.21 Å². The van der Waals surface area contributed by atoms with Crippen LogP contribution in [0.5, 0.6) is 0 Å². The lowest BCUT2D eigenvalue weighted by atomic mass is 10.5. The molecule has 0 aliphatic carbocycles. The Kier molecular flexibility index (Phi) is 5.42. The van der Waals surface area contributed by atoms with E-state index >= 15 is 0 Å². The minimum atomic E-state index is -3.83. The number of anilines is 1. The Labute approximate surface area is 119 Å². The summed E-state index contributed by atoms with van der Waals surface area (Å²) in [7, 11) is -2.36. The summed E-state index contributed by atoms with van der Waals surface area (Å²) in [5.41, 5.74) is -0.292. The Bertz CT molecular complexity index is 610. The minimum absolute atomic E-state index is 0.00248. The lowest BCUT2D eigenvalue weighted by Crippen LogP contribution is -2.33. The van der Waals surface area contributed by atoms with Gasteiger partial charge in [0.15, 0.2) is 5.00 Å². The third-order valence-electron chi connectivity index (χ3n) is 2.17. The molecular weight excluding hydrogens is 308 g/mol. The molecule has 9 nitrogen and oxygen atoms in total. The number of nitrogens with one attached hydrogen (secondary N) is 3. The average molecular weight is 322 g/mol. The maximum atomic E-state index is 11.9. The molecule has 0 aromatic carbocycles. The van der Waals surface area contributed by atoms with E-state index in [4.69, 9.17) is 0 Å². The van der Waals surface area contributed by atoms with Crippen molar-refractivity contribution in [1.82, 2.24) is 10.0 Å². The van der Waals surface area contributed by atoms with Gasteiger partial charge >= 0.3 is 5.69 Å². The number of thiophene rings is 1. The molecule has 0 bridgehead atoms. The highest BCUT2D eigenvalue weighted by Gasteiger charge is 2.25. The molecule has 0 spiro atoms. The molecule has 0 unspecified atom stereocenters. The zero-order valence-electron chi connectivity index (χ0n) is 10.8. The smallest absolute Gasteiger partial charge is 0.304 e. The van der Waals surface area contributed by atoms with Crippen molar-refractivity contribution in [2.45, 2.75) is 11.1 Å². The van der Waals surface area contributed by atoms with Crippen LogP contribution in [0.1, 0.15) is 6.92 Å². The fourth-order valence-electron chi connectivity index (χ4n) is 1.30. The number of carbonyl (C=O) groups is 1. The summed E-state index contributed by atoms with van der Waals surface area (Å²) < 4.78 is 25.9. The zero-order valence-corrected chi connectivity index (χ0v) is 12.4. The van der Waals surface area contributed by atoms with E-state index in [1.165, 1.54) is 14.0 Å². The average Bonchev–Trinajstić information content (AvgIpc) is 2.79. The molecule has 0 atom stereocenters. The third kappa shape index (κ3) is 4.15. The Hall–Kier alpha value is -1.72. The highest BCUT2D eigenvalue weighted by molar-refractivity contribution is 7.91. The molecule has 1 amide bonds. The lowest BCUT2D eigenvalue weighted by molar-refractivity contribution is -0.383. The number of nitrogens with zero attached hydrogens (tertiary/aromatic N) is 1. The Morgan fingerprint density at radius 3 is 2.55 bits per heavy atom. The van der Waals surface area contributed by atoms with E-state index in [9.17, 15) is 23.3 Å². The molecule has 1 aromatic heterocycles. The topological polar surface area (TPSA) is 130 Å². The first-order chi connectivity index (χ1) is 9.27. The van der Waals surface area contributed by atoms with Crippen molar-refractivity contribution < 1.29 is 18.1 Å². The molecule has 20 heavy (non-hydrogen) atoms. The lowest BCUT2D eigenvalue weighted by Gasteiger charge is -2.04. The highest BCUT2D eigenvalue weighted by Crippen LogP contribution is 2.36. The van der Waals surface area contributed by atoms with Crippen LogP contribution < -0.4 is 15.4 Å². The first-order valence-corrected chi connectivity index (χ1v) is 7.78. The molecule has 0 aliphatic rings. The molecule has 0 aliphatic heterocycles. The van der Waals surface area contributed by atoms with Crippen molar-refractivity contribution >= 4 is 38.0 Å². The molecule has 0 radical (unpaired) electrons. The summed E-state index contributed by atoms with van der Waals surface area (Å²) >= 11 is 0.769. The van der Waals surface area contributed by atoms with Gasteiger partial charge in [-0.3, -0.25) is 14.9 Å². The summed E-state index contributed by atoms with van der Waals surface area (Å²) in [6, 6.07) is 0.997. The normalized spacial score (nSPS) is 11.1. The van der Waals surface area contributed by atoms with Crippen molar-refractivity contribution in [3.8, 4) is 0 Å². The van der Waals surface area contributed by atoms with Gasteiger partial charge in [0.25, 0.3) is 0 Å². The van der Waals surface area contributed by atoms with E-state index in [1.54, 1.807) is 0 Å². The molecule has 0 fully saturated rings. The van der Waals surface area contributed by atoms with Gasteiger partial charge < -0.3 is 10.6 Å². The van der Waals surface area contributed by atoms with E-state index in [0.717, 1.165) is 17.4 Å². The molecule has 0 saturated heterocycles. The molecule has 112 valence electrons. The molecule has 1 heterocycles. The zero-order chi connectivity index (χ0) is 15.3. The largest absolute Gasteiger partial charge is 0.374 e. The second-order valence-electron chi connectivity index (χ2n) is 3.67. The van der Waals surface area contributed by atoms with E-state index in [0.29, 0.717) is 0 Å². The van der Waals surface area contributed by atoms with Crippen LogP contribution in [-0.4, -0.2) is 39.4 Å². The summed E-state index contributed by atoms with van der Waals surface area (Å²) in [5.74, 6) is -0.270. The van der Waals surface area contributed by atoms with Crippen molar-refractivity contribution in [3.05, 3.63) is 16.2 Å². The number of carbonyl (C=O) groups excluding carboxylic acids is 1. The predicted octanol–water partition coefficient (Wildman–Crippen LogP) is 0.112. The van der Waals surface area contributed by atoms with Gasteiger partial charge in [-0.15, -0.1) is 0 Å². The highest BCUT2D eigenvalue weighted by atomic mass is 32.2. The second kappa shape index (κ2) is 6.63. The fourth-order valence-corrected chi connectivity index (χ4v) is 3.66. The molecule has 1 aromatic rings. The van der Waals surface area contributed by atoms with Crippen molar-refractivity contribution in [2.24, 2.45) is 0 Å². The molecule has 1 rings (SSSR count). The van der Waals surface area contributed by atoms with Crippen molar-refractivity contribution in [3.63, 3.8) is 0 Å².